The zero-order chi connectivity index (χ0) is 22.1. The second-order valence-corrected chi connectivity index (χ2v) is 7.72. The Kier molecular flexibility index (Phi) is 8.04. The molecule has 1 aliphatic rings. The molecule has 31 heavy (non-hydrogen) atoms. The van der Waals surface area contributed by atoms with Gasteiger partial charge in [-0.3, -0.25) is 14.4 Å². The molecule has 2 aromatic carbocycles. The molecule has 0 bridgehead atoms. The molecule has 0 spiro atoms. The molecule has 4 N–H and O–H groups in total. The summed E-state index contributed by atoms with van der Waals surface area (Å²) in [7, 11) is 0. The average Bonchev–Trinajstić information content (AvgIpc) is 2.79. The summed E-state index contributed by atoms with van der Waals surface area (Å²) in [6.07, 6.45) is 5.67. The quantitative estimate of drug-likeness (QED) is 0.523. The van der Waals surface area contributed by atoms with Gasteiger partial charge in [0.1, 0.15) is 0 Å². The highest BCUT2D eigenvalue weighted by molar-refractivity contribution is 5.97. The lowest BCUT2D eigenvalue weighted by Crippen LogP contribution is -2.36. The van der Waals surface area contributed by atoms with Crippen molar-refractivity contribution < 1.29 is 14.4 Å². The van der Waals surface area contributed by atoms with E-state index in [0.717, 1.165) is 18.5 Å². The van der Waals surface area contributed by atoms with E-state index in [4.69, 9.17) is 0 Å². The van der Waals surface area contributed by atoms with Crippen LogP contribution in [0, 0.1) is 0 Å². The largest absolute Gasteiger partial charge is 0.376 e. The molecule has 1 saturated carbocycles. The molecule has 2 aromatic rings. The van der Waals surface area contributed by atoms with Crippen molar-refractivity contribution in [3.05, 3.63) is 59.7 Å². The van der Waals surface area contributed by atoms with Crippen LogP contribution in [0.3, 0.4) is 0 Å². The van der Waals surface area contributed by atoms with Crippen molar-refractivity contribution >= 4 is 29.1 Å². The fourth-order valence-corrected chi connectivity index (χ4v) is 3.61. The fourth-order valence-electron chi connectivity index (χ4n) is 3.61. The van der Waals surface area contributed by atoms with Crippen LogP contribution in [0.15, 0.2) is 48.5 Å². The Labute approximate surface area is 183 Å². The third-order valence-electron chi connectivity index (χ3n) is 5.31. The van der Waals surface area contributed by atoms with Gasteiger partial charge in [0.2, 0.25) is 5.91 Å². The topological polar surface area (TPSA) is 99.3 Å². The zero-order valence-electron chi connectivity index (χ0n) is 17.9. The average molecular weight is 423 g/mol. The van der Waals surface area contributed by atoms with E-state index in [-0.39, 0.29) is 30.3 Å². The van der Waals surface area contributed by atoms with E-state index in [1.807, 2.05) is 6.92 Å². The Morgan fingerprint density at radius 1 is 0.806 bits per heavy atom. The zero-order valence-corrected chi connectivity index (χ0v) is 17.9. The lowest BCUT2D eigenvalue weighted by molar-refractivity contribution is -0.114. The molecule has 0 unspecified atom stereocenters. The van der Waals surface area contributed by atoms with E-state index >= 15 is 0 Å². The van der Waals surface area contributed by atoms with E-state index in [1.54, 1.807) is 48.5 Å². The molecular weight excluding hydrogens is 392 g/mol. The summed E-state index contributed by atoms with van der Waals surface area (Å²) in [6.45, 7) is 2.53. The smallest absolute Gasteiger partial charge is 0.251 e. The van der Waals surface area contributed by atoms with Crippen molar-refractivity contribution in [3.8, 4) is 0 Å². The molecular formula is C24H30N4O3. The standard InChI is InChI=1S/C24H30N4O3/c1-2-25-23(30)17-8-12-19(13-9-17)26-16-22(29)27-21-14-10-18(11-15-21)24(31)28-20-6-4-3-5-7-20/h8-15,20,26H,2-7,16H2,1H3,(H,25,30)(H,27,29)(H,28,31). The van der Waals surface area contributed by atoms with Crippen LogP contribution in [0.5, 0.6) is 0 Å². The first-order valence-corrected chi connectivity index (χ1v) is 10.9. The van der Waals surface area contributed by atoms with Crippen LogP contribution in [0.25, 0.3) is 0 Å². The highest BCUT2D eigenvalue weighted by Gasteiger charge is 2.16. The van der Waals surface area contributed by atoms with Crippen molar-refractivity contribution in [3.63, 3.8) is 0 Å². The number of hydrogen-bond donors (Lipinski definition) is 4. The van der Waals surface area contributed by atoms with Crippen molar-refractivity contribution in [1.29, 1.82) is 0 Å². The van der Waals surface area contributed by atoms with Gasteiger partial charge in [0.15, 0.2) is 0 Å². The minimum Gasteiger partial charge on any atom is -0.376 e. The summed E-state index contributed by atoms with van der Waals surface area (Å²) in [5.41, 5.74) is 2.55. The van der Waals surface area contributed by atoms with Crippen molar-refractivity contribution in [1.82, 2.24) is 10.6 Å². The maximum atomic E-state index is 12.4. The van der Waals surface area contributed by atoms with Crippen molar-refractivity contribution in [2.45, 2.75) is 45.1 Å². The molecule has 0 aromatic heterocycles. The van der Waals surface area contributed by atoms with Crippen LogP contribution >= 0.6 is 0 Å². The van der Waals surface area contributed by atoms with Crippen LogP contribution in [0.1, 0.15) is 59.7 Å². The summed E-state index contributed by atoms with van der Waals surface area (Å²) in [4.78, 5) is 36.4. The third-order valence-corrected chi connectivity index (χ3v) is 5.31. The van der Waals surface area contributed by atoms with Crippen LogP contribution in [0.4, 0.5) is 11.4 Å². The minimum absolute atomic E-state index is 0.0671. The summed E-state index contributed by atoms with van der Waals surface area (Å²) in [5, 5.41) is 11.7. The molecule has 1 aliphatic carbocycles. The monoisotopic (exact) mass is 422 g/mol. The SMILES string of the molecule is CCNC(=O)c1ccc(NCC(=O)Nc2ccc(C(=O)NC3CCCCC3)cc2)cc1. The summed E-state index contributed by atoms with van der Waals surface area (Å²) in [6, 6.07) is 14.1. The number of anilines is 2. The molecule has 0 saturated heterocycles. The predicted molar refractivity (Wildman–Crippen MR) is 122 cm³/mol. The Morgan fingerprint density at radius 2 is 1.39 bits per heavy atom. The molecule has 0 heterocycles. The Morgan fingerprint density at radius 3 is 2.00 bits per heavy atom. The molecule has 3 rings (SSSR count). The van der Waals surface area contributed by atoms with Crippen LogP contribution in [-0.2, 0) is 4.79 Å². The van der Waals surface area contributed by atoms with Gasteiger partial charge < -0.3 is 21.3 Å². The maximum Gasteiger partial charge on any atom is 0.251 e. The number of hydrogen-bond acceptors (Lipinski definition) is 4. The number of rotatable bonds is 8. The fraction of sp³-hybridized carbons (Fsp3) is 0.375. The minimum atomic E-state index is -0.202. The first kappa shape index (κ1) is 22.3. The van der Waals surface area contributed by atoms with E-state index < -0.39 is 0 Å². The number of carbonyl (C=O) groups is 3. The van der Waals surface area contributed by atoms with Gasteiger partial charge in [0.25, 0.3) is 11.8 Å². The van der Waals surface area contributed by atoms with E-state index in [9.17, 15) is 14.4 Å². The van der Waals surface area contributed by atoms with Crippen molar-refractivity contribution in [2.75, 3.05) is 23.7 Å². The Balaban J connectivity index is 1.45. The molecule has 3 amide bonds. The van der Waals surface area contributed by atoms with Gasteiger partial charge in [-0.15, -0.1) is 0 Å². The molecule has 7 heteroatoms. The lowest BCUT2D eigenvalue weighted by Gasteiger charge is -2.22. The Hall–Kier alpha value is -3.35. The molecule has 7 nitrogen and oxygen atoms in total. The van der Waals surface area contributed by atoms with E-state index in [2.05, 4.69) is 21.3 Å². The van der Waals surface area contributed by atoms with Crippen molar-refractivity contribution in [2.24, 2.45) is 0 Å². The summed E-state index contributed by atoms with van der Waals surface area (Å²) < 4.78 is 0. The summed E-state index contributed by atoms with van der Waals surface area (Å²) >= 11 is 0. The molecule has 0 aliphatic heterocycles. The van der Waals surface area contributed by atoms with Gasteiger partial charge in [-0.25, -0.2) is 0 Å². The first-order chi connectivity index (χ1) is 15.0. The van der Waals surface area contributed by atoms with Crippen LogP contribution in [0.2, 0.25) is 0 Å². The highest BCUT2D eigenvalue weighted by Crippen LogP contribution is 2.18. The molecule has 0 radical (unpaired) electrons. The Bertz CT molecular complexity index is 888. The predicted octanol–water partition coefficient (Wildman–Crippen LogP) is 3.55. The first-order valence-electron chi connectivity index (χ1n) is 10.9. The van der Waals surface area contributed by atoms with E-state index in [0.29, 0.717) is 23.4 Å². The van der Waals surface area contributed by atoms with Gasteiger partial charge in [-0.05, 0) is 68.3 Å². The van der Waals surface area contributed by atoms with Gasteiger partial charge >= 0.3 is 0 Å². The number of carbonyl (C=O) groups excluding carboxylic acids is 3. The highest BCUT2D eigenvalue weighted by atomic mass is 16.2. The third kappa shape index (κ3) is 6.84. The molecule has 1 fully saturated rings. The lowest BCUT2D eigenvalue weighted by atomic mass is 9.95. The second kappa shape index (κ2) is 11.2. The van der Waals surface area contributed by atoms with Crippen LogP contribution < -0.4 is 21.3 Å². The number of amides is 3. The van der Waals surface area contributed by atoms with Gasteiger partial charge in [0, 0.05) is 35.1 Å². The number of nitrogens with one attached hydrogen (secondary N) is 4. The number of benzene rings is 2. The van der Waals surface area contributed by atoms with Crippen LogP contribution in [-0.4, -0.2) is 36.9 Å². The van der Waals surface area contributed by atoms with Gasteiger partial charge in [0.05, 0.1) is 6.54 Å². The molecule has 164 valence electrons. The maximum absolute atomic E-state index is 12.4. The van der Waals surface area contributed by atoms with Gasteiger partial charge in [-0.1, -0.05) is 19.3 Å². The van der Waals surface area contributed by atoms with Gasteiger partial charge in [-0.2, -0.15) is 0 Å². The molecule has 0 atom stereocenters. The van der Waals surface area contributed by atoms with E-state index in [1.165, 1.54) is 19.3 Å². The summed E-state index contributed by atoms with van der Waals surface area (Å²) in [5.74, 6) is -0.391. The second-order valence-electron chi connectivity index (χ2n) is 7.72. The normalized spacial score (nSPS) is 13.8.